The molecule has 0 bridgehead atoms. The minimum atomic E-state index is -0.0936. The minimum Gasteiger partial charge on any atom is -0.459 e. The van der Waals surface area contributed by atoms with Crippen LogP contribution in [0.4, 0.5) is 0 Å². The average molecular weight is 389 g/mol. The van der Waals surface area contributed by atoms with Crippen molar-refractivity contribution in [2.75, 3.05) is 19.6 Å². The van der Waals surface area contributed by atoms with Gasteiger partial charge in [0.25, 0.3) is 5.91 Å². The first kappa shape index (κ1) is 25.9. The van der Waals surface area contributed by atoms with E-state index in [1.165, 1.54) is 24.8 Å². The van der Waals surface area contributed by atoms with Crippen molar-refractivity contribution in [3.63, 3.8) is 0 Å². The lowest BCUT2D eigenvalue weighted by Crippen LogP contribution is -2.44. The quantitative estimate of drug-likeness (QED) is 0.583. The van der Waals surface area contributed by atoms with Gasteiger partial charge in [-0.2, -0.15) is 0 Å². The van der Waals surface area contributed by atoms with Crippen molar-refractivity contribution < 1.29 is 9.21 Å². The maximum atomic E-state index is 11.8. The zero-order valence-corrected chi connectivity index (χ0v) is 18.5. The van der Waals surface area contributed by atoms with Crippen LogP contribution in [0.5, 0.6) is 0 Å². The summed E-state index contributed by atoms with van der Waals surface area (Å²) in [5, 5.41) is 3.02. The molecule has 0 saturated carbocycles. The molecule has 4 heteroatoms. The van der Waals surface area contributed by atoms with E-state index < -0.39 is 0 Å². The normalized spacial score (nSPS) is 15.2. The number of allylic oxidation sites excluding steroid dienone is 5. The number of hydrogen-bond donors (Lipinski definition) is 1. The molecule has 0 atom stereocenters. The predicted molar refractivity (Wildman–Crippen MR) is 121 cm³/mol. The number of furan rings is 1. The molecule has 0 aliphatic carbocycles. The van der Waals surface area contributed by atoms with Crippen LogP contribution in [-0.2, 0) is 0 Å². The van der Waals surface area contributed by atoms with Gasteiger partial charge in [-0.3, -0.25) is 4.79 Å². The Bertz CT molecular complexity index is 565. The van der Waals surface area contributed by atoms with Crippen LogP contribution in [0.1, 0.15) is 70.9 Å². The highest BCUT2D eigenvalue weighted by atomic mass is 16.3. The zero-order chi connectivity index (χ0) is 21.2. The van der Waals surface area contributed by atoms with E-state index in [1.807, 2.05) is 26.0 Å². The highest BCUT2D eigenvalue weighted by Gasteiger charge is 2.21. The molecule has 1 saturated heterocycles. The third kappa shape index (κ3) is 11.6. The van der Waals surface area contributed by atoms with Crippen molar-refractivity contribution in [3.8, 4) is 0 Å². The Morgan fingerprint density at radius 1 is 1.29 bits per heavy atom. The van der Waals surface area contributed by atoms with Crippen LogP contribution in [0.2, 0.25) is 0 Å². The zero-order valence-electron chi connectivity index (χ0n) is 18.5. The second-order valence-electron chi connectivity index (χ2n) is 6.55. The number of piperidine rings is 1. The van der Waals surface area contributed by atoms with E-state index in [9.17, 15) is 4.79 Å². The third-order valence-electron chi connectivity index (χ3n) is 4.39. The lowest BCUT2D eigenvalue weighted by Gasteiger charge is -2.31. The first-order chi connectivity index (χ1) is 13.6. The minimum absolute atomic E-state index is 0.0936. The smallest absolute Gasteiger partial charge is 0.287 e. The fraction of sp³-hybridized carbons (Fsp3) is 0.542. The summed E-state index contributed by atoms with van der Waals surface area (Å²) in [7, 11) is 0. The Labute approximate surface area is 172 Å². The number of likely N-dealkylation sites (tertiary alicyclic amines) is 1. The van der Waals surface area contributed by atoms with E-state index in [0.29, 0.717) is 11.8 Å². The lowest BCUT2D eigenvalue weighted by atomic mass is 10.0. The average Bonchev–Trinajstić information content (AvgIpc) is 3.27. The highest BCUT2D eigenvalue weighted by Crippen LogP contribution is 2.11. The third-order valence-corrected chi connectivity index (χ3v) is 4.39. The summed E-state index contributed by atoms with van der Waals surface area (Å²) in [5.41, 5.74) is 1.40. The van der Waals surface area contributed by atoms with Gasteiger partial charge in [-0.1, -0.05) is 64.2 Å². The van der Waals surface area contributed by atoms with Gasteiger partial charge in [0.1, 0.15) is 0 Å². The van der Waals surface area contributed by atoms with Gasteiger partial charge in [0.05, 0.1) is 6.26 Å². The lowest BCUT2D eigenvalue weighted by molar-refractivity contribution is 0.0883. The second kappa shape index (κ2) is 17.1. The van der Waals surface area contributed by atoms with Gasteiger partial charge in [0.2, 0.25) is 0 Å². The molecule has 0 radical (unpaired) electrons. The fourth-order valence-electron chi connectivity index (χ4n) is 2.70. The van der Waals surface area contributed by atoms with Crippen molar-refractivity contribution in [2.45, 2.75) is 66.3 Å². The van der Waals surface area contributed by atoms with Crippen molar-refractivity contribution in [3.05, 3.63) is 60.6 Å². The molecule has 0 aromatic carbocycles. The summed E-state index contributed by atoms with van der Waals surface area (Å²) < 4.78 is 5.07. The number of carbonyl (C=O) groups excluding carboxylic acids is 1. The molecular formula is C24H40N2O2. The Kier molecular flexibility index (Phi) is 15.8. The predicted octanol–water partition coefficient (Wildman–Crippen LogP) is 5.99. The number of amides is 1. The Hall–Kier alpha value is -2.07. The molecule has 0 unspecified atom stereocenters. The van der Waals surface area contributed by atoms with Gasteiger partial charge in [-0.25, -0.2) is 0 Å². The van der Waals surface area contributed by atoms with E-state index >= 15 is 0 Å². The van der Waals surface area contributed by atoms with Crippen LogP contribution in [0.15, 0.2) is 59.3 Å². The summed E-state index contributed by atoms with van der Waals surface area (Å²) in [5.74, 6) is 0.310. The second-order valence-corrected chi connectivity index (χ2v) is 6.55. The SMILES string of the molecule is C=C/C=C\C=C(\C)CC.CC.CCCN1CCC(NC(=O)c2ccco2)CC1. The topological polar surface area (TPSA) is 45.5 Å². The molecule has 28 heavy (non-hydrogen) atoms. The van der Waals surface area contributed by atoms with Crippen molar-refractivity contribution in [2.24, 2.45) is 0 Å². The molecule has 1 fully saturated rings. The molecule has 0 spiro atoms. The van der Waals surface area contributed by atoms with Gasteiger partial charge in [-0.05, 0) is 51.3 Å². The van der Waals surface area contributed by atoms with Gasteiger partial charge in [-0.15, -0.1) is 0 Å². The monoisotopic (exact) mass is 388 g/mol. The Balaban J connectivity index is 0.000000566. The van der Waals surface area contributed by atoms with Crippen LogP contribution in [0, 0.1) is 0 Å². The molecule has 1 aliphatic rings. The van der Waals surface area contributed by atoms with Crippen molar-refractivity contribution in [1.29, 1.82) is 0 Å². The van der Waals surface area contributed by atoms with Crippen LogP contribution < -0.4 is 5.32 Å². The van der Waals surface area contributed by atoms with E-state index in [1.54, 1.807) is 18.2 Å². The van der Waals surface area contributed by atoms with E-state index in [-0.39, 0.29) is 5.91 Å². The fourth-order valence-corrected chi connectivity index (χ4v) is 2.70. The maximum Gasteiger partial charge on any atom is 0.287 e. The van der Waals surface area contributed by atoms with E-state index in [4.69, 9.17) is 4.42 Å². The van der Waals surface area contributed by atoms with E-state index in [2.05, 4.69) is 43.6 Å². The highest BCUT2D eigenvalue weighted by molar-refractivity contribution is 5.91. The first-order valence-corrected chi connectivity index (χ1v) is 10.6. The molecule has 2 rings (SSSR count). The molecule has 1 aliphatic heterocycles. The van der Waals surface area contributed by atoms with Crippen LogP contribution >= 0.6 is 0 Å². The molecule has 1 amide bonds. The van der Waals surface area contributed by atoms with E-state index in [0.717, 1.165) is 32.4 Å². The number of nitrogens with one attached hydrogen (secondary N) is 1. The van der Waals surface area contributed by atoms with Crippen LogP contribution in [0.3, 0.4) is 0 Å². The summed E-state index contributed by atoms with van der Waals surface area (Å²) >= 11 is 0. The van der Waals surface area contributed by atoms with Gasteiger partial charge < -0.3 is 14.6 Å². The molecule has 4 nitrogen and oxygen atoms in total. The van der Waals surface area contributed by atoms with Crippen molar-refractivity contribution >= 4 is 5.91 Å². The molecular weight excluding hydrogens is 348 g/mol. The number of hydrogen-bond acceptors (Lipinski definition) is 3. The Morgan fingerprint density at radius 2 is 1.96 bits per heavy atom. The van der Waals surface area contributed by atoms with Gasteiger partial charge >= 0.3 is 0 Å². The molecule has 1 aromatic heterocycles. The maximum absolute atomic E-state index is 11.8. The standard InChI is InChI=1S/C13H20N2O2.C9H14.C2H6/c1-2-7-15-8-5-11(6-9-15)14-13(16)12-4-3-10-17-12;1-4-6-7-8-9(3)5-2;1-2/h3-4,10-11H,2,5-9H2,1H3,(H,14,16);4,6-8H,1,5H2,2-3H3;1-2H3/b;7-6-,9-8-;. The molecule has 1 aromatic rings. The number of rotatable bonds is 7. The largest absolute Gasteiger partial charge is 0.459 e. The summed E-state index contributed by atoms with van der Waals surface area (Å²) in [4.78, 5) is 14.2. The Morgan fingerprint density at radius 3 is 2.46 bits per heavy atom. The first-order valence-electron chi connectivity index (χ1n) is 10.6. The molecule has 2 heterocycles. The number of carbonyl (C=O) groups is 1. The molecule has 1 N–H and O–H groups in total. The van der Waals surface area contributed by atoms with Gasteiger partial charge in [0.15, 0.2) is 5.76 Å². The van der Waals surface area contributed by atoms with Crippen LogP contribution in [-0.4, -0.2) is 36.5 Å². The van der Waals surface area contributed by atoms with Crippen molar-refractivity contribution in [1.82, 2.24) is 10.2 Å². The van der Waals surface area contributed by atoms with Gasteiger partial charge in [0, 0.05) is 19.1 Å². The summed E-state index contributed by atoms with van der Waals surface area (Å²) in [6.07, 6.45) is 13.7. The molecule has 158 valence electrons. The summed E-state index contributed by atoms with van der Waals surface area (Å²) in [6, 6.07) is 3.72. The summed E-state index contributed by atoms with van der Waals surface area (Å²) in [6.45, 7) is 17.4. The van der Waals surface area contributed by atoms with Crippen LogP contribution in [0.25, 0.3) is 0 Å². The number of nitrogens with zero attached hydrogens (tertiary/aromatic N) is 1.